The molecule has 0 amide bonds. The molecule has 6 heteroatoms. The minimum atomic E-state index is 0.784. The van der Waals surface area contributed by atoms with Gasteiger partial charge >= 0.3 is 5.43 Å². The van der Waals surface area contributed by atoms with E-state index >= 15 is 0 Å². The molecule has 0 bridgehead atoms. The van der Waals surface area contributed by atoms with Gasteiger partial charge in [-0.2, -0.15) is 0 Å². The highest BCUT2D eigenvalue weighted by Gasteiger charge is 2.27. The summed E-state index contributed by atoms with van der Waals surface area (Å²) in [4.78, 5) is 0. The predicted octanol–water partition coefficient (Wildman–Crippen LogP) is 8.76. The average molecular weight is 609 g/mol. The van der Waals surface area contributed by atoms with Crippen molar-refractivity contribution in [3.63, 3.8) is 0 Å². The molecule has 2 heterocycles. The van der Waals surface area contributed by atoms with Crippen molar-refractivity contribution in [1.82, 2.24) is 4.40 Å². The molecule has 1 aromatic heterocycles. The number of benzene rings is 5. The molecule has 0 spiro atoms. The average Bonchev–Trinajstić information content (AvgIpc) is 3.13. The Morgan fingerprint density at radius 1 is 0.522 bits per heavy atom. The topological polar surface area (TPSA) is 52.6 Å². The van der Waals surface area contributed by atoms with Crippen LogP contribution in [0.2, 0.25) is 0 Å². The monoisotopic (exact) mass is 608 g/mol. The standard InChI is InChI=1S/C40H34NO5/c1-42-28-18-12-25(13-19-28)36-31-8-6-10-34(45-4)33(31)24-41-39(27-16-22-30(44-3)23-17-27)37(26-14-20-29(43-2)21-15-26)38-32(40(36)41)9-7-11-35(38)46-5/h6-24H,1-5H3/q+1. The fourth-order valence-electron chi connectivity index (χ4n) is 6.47. The lowest BCUT2D eigenvalue weighted by molar-refractivity contribution is 0.414. The van der Waals surface area contributed by atoms with Crippen molar-refractivity contribution in [3.05, 3.63) is 125 Å². The smallest absolute Gasteiger partial charge is 0.352 e. The second-order valence-electron chi connectivity index (χ2n) is 10.9. The van der Waals surface area contributed by atoms with Crippen LogP contribution in [0.1, 0.15) is 0 Å². The van der Waals surface area contributed by atoms with Crippen molar-refractivity contribution in [2.75, 3.05) is 35.5 Å². The third kappa shape index (κ3) is 4.70. The molecule has 4 aromatic carbocycles. The Bertz CT molecular complexity index is 2230. The van der Waals surface area contributed by atoms with Gasteiger partial charge < -0.3 is 23.3 Å². The maximum Gasteiger partial charge on any atom is 0.352 e. The number of rotatable bonds is 7. The van der Waals surface area contributed by atoms with Crippen LogP contribution in [0.15, 0.2) is 120 Å². The fraction of sp³-hybridized carbons (Fsp3) is 0.125. The largest absolute Gasteiger partial charge is 0.497 e. The summed E-state index contributed by atoms with van der Waals surface area (Å²) in [6.07, 6.45) is 2.20. The molecule has 0 fully saturated rings. The Labute approximate surface area is 267 Å². The lowest BCUT2D eigenvalue weighted by Crippen LogP contribution is -2.11. The van der Waals surface area contributed by atoms with Gasteiger partial charge in [0, 0.05) is 39.7 Å². The van der Waals surface area contributed by atoms with Gasteiger partial charge in [-0.25, -0.2) is 0 Å². The van der Waals surface area contributed by atoms with Crippen molar-refractivity contribution < 1.29 is 18.9 Å². The van der Waals surface area contributed by atoms with E-state index in [-0.39, 0.29) is 0 Å². The molecule has 7 rings (SSSR count). The molecular formula is C40H34NO5+. The lowest BCUT2D eigenvalue weighted by Gasteiger charge is -2.25. The molecule has 228 valence electrons. The van der Waals surface area contributed by atoms with E-state index in [1.165, 1.54) is 0 Å². The molecular weight excluding hydrogens is 574 g/mol. The Morgan fingerprint density at radius 2 is 1.07 bits per heavy atom. The zero-order valence-corrected chi connectivity index (χ0v) is 26.5. The number of nitrogens with zero attached hydrogens (tertiary/aromatic N) is 1. The SMILES string of the molecule is COc1ccc(-c2c(-c3ccc(OC)cc3)n3cc4c(=[O+]C)cccc-4c(-c4ccc(OC)cc4)c3c3cccc(OC)c23)cc1. The van der Waals surface area contributed by atoms with E-state index in [1.54, 1.807) is 35.5 Å². The van der Waals surface area contributed by atoms with E-state index in [2.05, 4.69) is 65.2 Å². The summed E-state index contributed by atoms with van der Waals surface area (Å²) in [7, 11) is 8.50. The van der Waals surface area contributed by atoms with Gasteiger partial charge in [-0.05, 0) is 71.3 Å². The van der Waals surface area contributed by atoms with Gasteiger partial charge in [0.1, 0.15) is 28.6 Å². The van der Waals surface area contributed by atoms with Crippen LogP contribution >= 0.6 is 0 Å². The van der Waals surface area contributed by atoms with E-state index in [1.807, 2.05) is 54.6 Å². The Hall–Kier alpha value is -5.75. The predicted molar refractivity (Wildman–Crippen MR) is 186 cm³/mol. The van der Waals surface area contributed by atoms with Crippen molar-refractivity contribution >= 4 is 16.3 Å². The molecule has 46 heavy (non-hydrogen) atoms. The van der Waals surface area contributed by atoms with Gasteiger partial charge in [-0.15, -0.1) is 0 Å². The quantitative estimate of drug-likeness (QED) is 0.103. The molecule has 0 saturated heterocycles. The van der Waals surface area contributed by atoms with Gasteiger partial charge in [0.05, 0.1) is 39.6 Å². The first kappa shape index (κ1) is 29.0. The van der Waals surface area contributed by atoms with Crippen LogP contribution in [-0.4, -0.2) is 39.9 Å². The Morgan fingerprint density at radius 3 is 1.61 bits per heavy atom. The number of methoxy groups -OCH3 is 4. The normalized spacial score (nSPS) is 11.7. The highest BCUT2D eigenvalue weighted by atomic mass is 16.5. The number of aromatic nitrogens is 1. The number of fused-ring (bicyclic) bond motifs is 4. The molecule has 2 aliphatic rings. The summed E-state index contributed by atoms with van der Waals surface area (Å²) >= 11 is 0. The molecule has 1 aliphatic carbocycles. The van der Waals surface area contributed by atoms with Crippen LogP contribution in [0.25, 0.3) is 60.9 Å². The highest BCUT2D eigenvalue weighted by Crippen LogP contribution is 2.48. The maximum absolute atomic E-state index is 6.12. The number of pyridine rings is 2. The molecule has 5 aromatic rings. The third-order valence-electron chi connectivity index (χ3n) is 8.64. The second kappa shape index (κ2) is 12.0. The molecule has 6 nitrogen and oxygen atoms in total. The Balaban J connectivity index is 1.78. The minimum absolute atomic E-state index is 0.784. The van der Waals surface area contributed by atoms with Crippen LogP contribution in [0.5, 0.6) is 23.0 Å². The van der Waals surface area contributed by atoms with Gasteiger partial charge in [0.25, 0.3) is 7.11 Å². The van der Waals surface area contributed by atoms with Crippen molar-refractivity contribution in [1.29, 1.82) is 0 Å². The summed E-state index contributed by atoms with van der Waals surface area (Å²) in [5.41, 5.74) is 10.1. The molecule has 1 aliphatic heterocycles. The number of hydrogen-bond acceptors (Lipinski definition) is 4. The summed E-state index contributed by atoms with van der Waals surface area (Å²) < 4.78 is 31.0. The first-order valence-electron chi connectivity index (χ1n) is 15.0. The van der Waals surface area contributed by atoms with Crippen molar-refractivity contribution in [3.8, 4) is 67.6 Å². The van der Waals surface area contributed by atoms with Crippen LogP contribution in [0.3, 0.4) is 0 Å². The summed E-state index contributed by atoms with van der Waals surface area (Å²) in [6.45, 7) is 0. The van der Waals surface area contributed by atoms with E-state index < -0.39 is 0 Å². The van der Waals surface area contributed by atoms with Gasteiger partial charge in [-0.1, -0.05) is 48.5 Å². The Kier molecular flexibility index (Phi) is 7.55. The van der Waals surface area contributed by atoms with Gasteiger partial charge in [-0.3, -0.25) is 4.42 Å². The maximum atomic E-state index is 6.12. The van der Waals surface area contributed by atoms with E-state index in [0.29, 0.717) is 0 Å². The zero-order chi connectivity index (χ0) is 31.8. The first-order chi connectivity index (χ1) is 22.6. The van der Waals surface area contributed by atoms with Crippen LogP contribution in [0, 0.1) is 0 Å². The van der Waals surface area contributed by atoms with Gasteiger partial charge in [0.2, 0.25) is 0 Å². The van der Waals surface area contributed by atoms with Crippen LogP contribution in [-0.2, 0) is 0 Å². The lowest BCUT2D eigenvalue weighted by atomic mass is 9.87. The van der Waals surface area contributed by atoms with E-state index in [0.717, 1.165) is 89.4 Å². The molecule has 0 atom stereocenters. The fourth-order valence-corrected chi connectivity index (χ4v) is 6.47. The van der Waals surface area contributed by atoms with Crippen molar-refractivity contribution in [2.24, 2.45) is 0 Å². The minimum Gasteiger partial charge on any atom is -0.497 e. The number of ether oxygens (including phenoxy) is 4. The van der Waals surface area contributed by atoms with Crippen LogP contribution < -0.4 is 24.4 Å². The molecule has 0 N–H and O–H groups in total. The summed E-state index contributed by atoms with van der Waals surface area (Å²) in [5.74, 6) is 3.16. The number of hydrogen-bond donors (Lipinski definition) is 0. The molecule has 0 saturated carbocycles. The second-order valence-corrected chi connectivity index (χ2v) is 10.9. The summed E-state index contributed by atoms with van der Waals surface area (Å²) in [5, 5.41) is 2.07. The van der Waals surface area contributed by atoms with Crippen LogP contribution in [0.4, 0.5) is 0 Å². The molecule has 0 unspecified atom stereocenters. The van der Waals surface area contributed by atoms with E-state index in [9.17, 15) is 0 Å². The first-order valence-corrected chi connectivity index (χ1v) is 15.0. The highest BCUT2D eigenvalue weighted by molar-refractivity contribution is 6.17. The van der Waals surface area contributed by atoms with Crippen molar-refractivity contribution in [2.45, 2.75) is 0 Å². The third-order valence-corrected chi connectivity index (χ3v) is 8.64. The van der Waals surface area contributed by atoms with Gasteiger partial charge in [0.15, 0.2) is 0 Å². The molecule has 0 radical (unpaired) electrons. The summed E-state index contributed by atoms with van der Waals surface area (Å²) in [6, 6.07) is 37.1. The zero-order valence-electron chi connectivity index (χ0n) is 26.5. The van der Waals surface area contributed by atoms with E-state index in [4.69, 9.17) is 23.4 Å².